The number of likely N-dealkylation sites (tertiary alicyclic amines) is 1. The number of aromatic hydroxyl groups is 1. The van der Waals surface area contributed by atoms with E-state index in [9.17, 15) is 14.7 Å². The number of piperidine rings is 1. The fraction of sp³-hybridized carbons (Fsp3) is 0.280. The van der Waals surface area contributed by atoms with Crippen LogP contribution in [0.1, 0.15) is 17.5 Å². The summed E-state index contributed by atoms with van der Waals surface area (Å²) < 4.78 is 5.20. The number of benzene rings is 2. The second-order valence-electron chi connectivity index (χ2n) is 7.84. The highest BCUT2D eigenvalue weighted by Gasteiger charge is 2.28. The third kappa shape index (κ3) is 6.06. The monoisotopic (exact) mass is 420 g/mol. The summed E-state index contributed by atoms with van der Waals surface area (Å²) in [7, 11) is 5.46. The molecule has 1 aliphatic rings. The summed E-state index contributed by atoms with van der Waals surface area (Å²) in [4.78, 5) is 29.7. The minimum atomic E-state index is -0.0689. The third-order valence-corrected chi connectivity index (χ3v) is 5.12. The number of carbonyl (C=O) groups excluding carboxylic acids is 2. The first kappa shape index (κ1) is 22.3. The first-order chi connectivity index (χ1) is 14.9. The molecule has 0 aromatic heterocycles. The SMILES string of the molecule is COc1ccc(/C=C2\CN(C(=O)CCN(C)C)C/C(=C\c3ccc(O)cc3)C2=O)cc1. The highest BCUT2D eigenvalue weighted by Crippen LogP contribution is 2.24. The van der Waals surface area contributed by atoms with Crippen LogP contribution in [0.5, 0.6) is 11.5 Å². The number of hydrogen-bond donors (Lipinski definition) is 1. The molecule has 1 amide bonds. The van der Waals surface area contributed by atoms with Crippen LogP contribution in [0.2, 0.25) is 0 Å². The number of ketones is 1. The van der Waals surface area contributed by atoms with E-state index in [1.165, 1.54) is 0 Å². The molecule has 1 heterocycles. The van der Waals surface area contributed by atoms with Gasteiger partial charge in [0.25, 0.3) is 0 Å². The number of phenols is 1. The molecule has 1 N–H and O–H groups in total. The summed E-state index contributed by atoms with van der Waals surface area (Å²) in [5.74, 6) is 0.849. The van der Waals surface area contributed by atoms with E-state index in [0.29, 0.717) is 24.1 Å². The number of carbonyl (C=O) groups is 2. The Bertz CT molecular complexity index is 989. The summed E-state index contributed by atoms with van der Waals surface area (Å²) in [6.45, 7) is 1.20. The number of Topliss-reactive ketones (excluding diaryl/α,β-unsaturated/α-hetero) is 1. The van der Waals surface area contributed by atoms with Crippen LogP contribution in [0.25, 0.3) is 12.2 Å². The molecule has 3 rings (SSSR count). The van der Waals surface area contributed by atoms with Gasteiger partial charge in [-0.3, -0.25) is 9.59 Å². The van der Waals surface area contributed by atoms with Crippen molar-refractivity contribution in [3.8, 4) is 11.5 Å². The van der Waals surface area contributed by atoms with Gasteiger partial charge in [-0.2, -0.15) is 0 Å². The molecule has 6 nitrogen and oxygen atoms in total. The molecule has 1 aliphatic heterocycles. The molecule has 31 heavy (non-hydrogen) atoms. The minimum Gasteiger partial charge on any atom is -0.508 e. The lowest BCUT2D eigenvalue weighted by molar-refractivity contribution is -0.131. The minimum absolute atomic E-state index is 0.0124. The average molecular weight is 421 g/mol. The van der Waals surface area contributed by atoms with Crippen LogP contribution < -0.4 is 4.74 Å². The van der Waals surface area contributed by atoms with Crippen LogP contribution in [0.4, 0.5) is 0 Å². The maximum absolute atomic E-state index is 13.2. The fourth-order valence-electron chi connectivity index (χ4n) is 3.37. The average Bonchev–Trinajstić information content (AvgIpc) is 2.76. The molecule has 162 valence electrons. The Kier molecular flexibility index (Phi) is 7.26. The Labute approximate surface area is 183 Å². The summed E-state index contributed by atoms with van der Waals surface area (Å²) >= 11 is 0. The molecule has 2 aromatic rings. The number of ether oxygens (including phenoxy) is 1. The lowest BCUT2D eigenvalue weighted by Crippen LogP contribution is -2.42. The third-order valence-electron chi connectivity index (χ3n) is 5.12. The van der Waals surface area contributed by atoms with Gasteiger partial charge in [-0.25, -0.2) is 0 Å². The van der Waals surface area contributed by atoms with Crippen molar-refractivity contribution in [2.24, 2.45) is 0 Å². The predicted octanol–water partition coefficient (Wildman–Crippen LogP) is 3.23. The Balaban J connectivity index is 1.92. The van der Waals surface area contributed by atoms with Crippen LogP contribution in [-0.2, 0) is 9.59 Å². The van der Waals surface area contributed by atoms with Gasteiger partial charge in [-0.1, -0.05) is 24.3 Å². The predicted molar refractivity (Wildman–Crippen MR) is 122 cm³/mol. The van der Waals surface area contributed by atoms with E-state index in [1.54, 1.807) is 42.4 Å². The highest BCUT2D eigenvalue weighted by molar-refractivity contribution is 6.15. The summed E-state index contributed by atoms with van der Waals surface area (Å²) in [6.07, 6.45) is 4.01. The number of nitrogens with zero attached hydrogens (tertiary/aromatic N) is 2. The molecule has 6 heteroatoms. The van der Waals surface area contributed by atoms with Crippen LogP contribution in [0, 0.1) is 0 Å². The molecule has 0 atom stereocenters. The van der Waals surface area contributed by atoms with Crippen molar-refractivity contribution >= 4 is 23.8 Å². The number of hydrogen-bond acceptors (Lipinski definition) is 5. The lowest BCUT2D eigenvalue weighted by atomic mass is 9.94. The van der Waals surface area contributed by atoms with E-state index in [2.05, 4.69) is 0 Å². The molecular weight excluding hydrogens is 392 g/mol. The van der Waals surface area contributed by atoms with Crippen molar-refractivity contribution in [3.05, 3.63) is 70.8 Å². The normalized spacial score (nSPS) is 16.9. The van der Waals surface area contributed by atoms with Gasteiger partial charge in [0.2, 0.25) is 5.91 Å². The van der Waals surface area contributed by atoms with Gasteiger partial charge >= 0.3 is 0 Å². The van der Waals surface area contributed by atoms with Gasteiger partial charge in [-0.15, -0.1) is 0 Å². The number of amides is 1. The smallest absolute Gasteiger partial charge is 0.224 e. The van der Waals surface area contributed by atoms with Gasteiger partial charge in [0.05, 0.1) is 7.11 Å². The van der Waals surface area contributed by atoms with E-state index < -0.39 is 0 Å². The highest BCUT2D eigenvalue weighted by atomic mass is 16.5. The van der Waals surface area contributed by atoms with Crippen molar-refractivity contribution in [1.29, 1.82) is 0 Å². The van der Waals surface area contributed by atoms with E-state index in [0.717, 1.165) is 16.9 Å². The standard InChI is InChI=1S/C25H28N2O4/c1-26(2)13-12-24(29)27-16-20(14-18-4-8-22(28)9-5-18)25(30)21(17-27)15-19-6-10-23(31-3)11-7-19/h4-11,14-15,28H,12-13,16-17H2,1-3H3/b20-14+,21-15+. The Morgan fingerprint density at radius 2 is 1.52 bits per heavy atom. The quantitative estimate of drug-likeness (QED) is 0.727. The van der Waals surface area contributed by atoms with Gasteiger partial charge in [-0.05, 0) is 61.6 Å². The van der Waals surface area contributed by atoms with E-state index >= 15 is 0 Å². The van der Waals surface area contributed by atoms with Gasteiger partial charge in [0.1, 0.15) is 11.5 Å². The summed E-state index contributed by atoms with van der Waals surface area (Å²) in [5, 5.41) is 9.51. The maximum atomic E-state index is 13.2. The van der Waals surface area contributed by atoms with Crippen molar-refractivity contribution < 1.29 is 19.4 Å². The van der Waals surface area contributed by atoms with Crippen molar-refractivity contribution in [2.45, 2.75) is 6.42 Å². The molecule has 1 fully saturated rings. The number of rotatable bonds is 6. The molecule has 1 saturated heterocycles. The topological polar surface area (TPSA) is 70.1 Å². The molecular formula is C25H28N2O4. The van der Waals surface area contributed by atoms with Crippen LogP contribution in [0.3, 0.4) is 0 Å². The van der Waals surface area contributed by atoms with E-state index in [4.69, 9.17) is 4.74 Å². The van der Waals surface area contributed by atoms with E-state index in [1.807, 2.05) is 49.3 Å². The largest absolute Gasteiger partial charge is 0.508 e. The first-order valence-corrected chi connectivity index (χ1v) is 10.2. The first-order valence-electron chi connectivity index (χ1n) is 10.2. The number of phenolic OH excluding ortho intramolecular Hbond substituents is 1. The van der Waals surface area contributed by atoms with Crippen molar-refractivity contribution in [3.63, 3.8) is 0 Å². The zero-order valence-electron chi connectivity index (χ0n) is 18.2. The van der Waals surface area contributed by atoms with Crippen molar-refractivity contribution in [1.82, 2.24) is 9.80 Å². The number of methoxy groups -OCH3 is 1. The van der Waals surface area contributed by atoms with Gasteiger partial charge in [0, 0.05) is 37.2 Å². The molecule has 0 unspecified atom stereocenters. The zero-order valence-corrected chi connectivity index (χ0v) is 18.2. The molecule has 0 aliphatic carbocycles. The molecule has 0 bridgehead atoms. The zero-order chi connectivity index (χ0) is 22.4. The van der Waals surface area contributed by atoms with Gasteiger partial charge in [0.15, 0.2) is 5.78 Å². The molecule has 2 aromatic carbocycles. The molecule has 0 saturated carbocycles. The second kappa shape index (κ2) is 10.1. The fourth-order valence-corrected chi connectivity index (χ4v) is 3.37. The van der Waals surface area contributed by atoms with Crippen LogP contribution in [0.15, 0.2) is 59.7 Å². The van der Waals surface area contributed by atoms with Gasteiger partial charge < -0.3 is 19.6 Å². The maximum Gasteiger partial charge on any atom is 0.224 e. The van der Waals surface area contributed by atoms with Crippen LogP contribution in [-0.4, -0.2) is 67.4 Å². The van der Waals surface area contributed by atoms with E-state index in [-0.39, 0.29) is 30.5 Å². The summed E-state index contributed by atoms with van der Waals surface area (Å²) in [5.41, 5.74) is 2.79. The Morgan fingerprint density at radius 1 is 1.00 bits per heavy atom. The summed E-state index contributed by atoms with van der Waals surface area (Å²) in [6, 6.07) is 14.1. The van der Waals surface area contributed by atoms with Crippen molar-refractivity contribution in [2.75, 3.05) is 40.8 Å². The lowest BCUT2D eigenvalue weighted by Gasteiger charge is -2.30. The van der Waals surface area contributed by atoms with Crippen LogP contribution >= 0.6 is 0 Å². The Morgan fingerprint density at radius 3 is 2.00 bits per heavy atom. The molecule has 0 spiro atoms. The Hall–Kier alpha value is -3.38. The second-order valence-corrected chi connectivity index (χ2v) is 7.84. The molecule has 0 radical (unpaired) electrons.